The number of hydrogen-bond acceptors (Lipinski definition) is 5. The number of thioether (sulfide) groups is 1. The Kier molecular flexibility index (Phi) is 4.87. The minimum atomic E-state index is -1.02. The summed E-state index contributed by atoms with van der Waals surface area (Å²) < 4.78 is 5.59. The van der Waals surface area contributed by atoms with Gasteiger partial charge in [-0.1, -0.05) is 36.1 Å². The van der Waals surface area contributed by atoms with Crippen LogP contribution in [0.15, 0.2) is 53.4 Å². The van der Waals surface area contributed by atoms with E-state index in [1.807, 2.05) is 24.3 Å². The number of nitrogens with zero attached hydrogens (tertiary/aromatic N) is 1. The molecule has 1 aliphatic heterocycles. The standard InChI is InChI=1S/C18H13NO4S2/c1-23-14-4-2-3-11(9-14)10-15-16(20)19(18(24)25-15)13-7-5-12(6-8-13)17(21)22/h2-10H,1H3,(H,21,22). The summed E-state index contributed by atoms with van der Waals surface area (Å²) in [5, 5.41) is 8.96. The van der Waals surface area contributed by atoms with Gasteiger partial charge in [0.2, 0.25) is 0 Å². The molecule has 7 heteroatoms. The fraction of sp³-hybridized carbons (Fsp3) is 0.0556. The Labute approximate surface area is 153 Å². The molecular weight excluding hydrogens is 358 g/mol. The first-order valence-corrected chi connectivity index (χ1v) is 8.47. The average molecular weight is 371 g/mol. The fourth-order valence-electron chi connectivity index (χ4n) is 2.33. The molecule has 0 saturated carbocycles. The number of benzene rings is 2. The van der Waals surface area contributed by atoms with Gasteiger partial charge < -0.3 is 9.84 Å². The molecule has 1 amide bonds. The molecule has 0 atom stereocenters. The van der Waals surface area contributed by atoms with Crippen LogP contribution in [0.4, 0.5) is 5.69 Å². The first kappa shape index (κ1) is 17.2. The molecule has 0 spiro atoms. The van der Waals surface area contributed by atoms with Gasteiger partial charge in [-0.05, 0) is 48.0 Å². The SMILES string of the molecule is COc1cccc(C=C2SC(=S)N(c3ccc(C(=O)O)cc3)C2=O)c1. The maximum Gasteiger partial charge on any atom is 0.335 e. The second-order valence-electron chi connectivity index (χ2n) is 5.15. The van der Waals surface area contributed by atoms with E-state index in [1.165, 1.54) is 28.8 Å². The summed E-state index contributed by atoms with van der Waals surface area (Å²) in [7, 11) is 1.58. The van der Waals surface area contributed by atoms with Gasteiger partial charge in [0.1, 0.15) is 5.75 Å². The van der Waals surface area contributed by atoms with E-state index in [-0.39, 0.29) is 11.5 Å². The summed E-state index contributed by atoms with van der Waals surface area (Å²) in [5.41, 5.74) is 1.53. The van der Waals surface area contributed by atoms with E-state index in [4.69, 9.17) is 22.1 Å². The number of methoxy groups -OCH3 is 1. The van der Waals surface area contributed by atoms with Crippen molar-refractivity contribution in [3.8, 4) is 5.75 Å². The highest BCUT2D eigenvalue weighted by Crippen LogP contribution is 2.36. The number of carboxylic acid groups (broad SMARTS) is 1. The van der Waals surface area contributed by atoms with Crippen LogP contribution in [0, 0.1) is 0 Å². The van der Waals surface area contributed by atoms with Gasteiger partial charge in [0.25, 0.3) is 5.91 Å². The third-order valence-electron chi connectivity index (χ3n) is 3.56. The van der Waals surface area contributed by atoms with Crippen LogP contribution in [-0.4, -0.2) is 28.4 Å². The number of rotatable bonds is 4. The Morgan fingerprint density at radius 3 is 2.60 bits per heavy atom. The van der Waals surface area contributed by atoms with Crippen molar-refractivity contribution >= 4 is 51.9 Å². The van der Waals surface area contributed by atoms with E-state index in [2.05, 4.69) is 0 Å². The first-order valence-electron chi connectivity index (χ1n) is 7.25. The molecule has 1 fully saturated rings. The van der Waals surface area contributed by atoms with Crippen molar-refractivity contribution in [1.82, 2.24) is 0 Å². The molecule has 1 N–H and O–H groups in total. The zero-order valence-corrected chi connectivity index (χ0v) is 14.8. The predicted octanol–water partition coefficient (Wildman–Crippen LogP) is 3.80. The minimum Gasteiger partial charge on any atom is -0.497 e. The highest BCUT2D eigenvalue weighted by atomic mass is 32.2. The lowest BCUT2D eigenvalue weighted by molar-refractivity contribution is -0.113. The van der Waals surface area contributed by atoms with Crippen LogP contribution in [-0.2, 0) is 4.79 Å². The third kappa shape index (κ3) is 3.57. The van der Waals surface area contributed by atoms with Gasteiger partial charge >= 0.3 is 5.97 Å². The smallest absolute Gasteiger partial charge is 0.335 e. The average Bonchev–Trinajstić information content (AvgIpc) is 2.88. The van der Waals surface area contributed by atoms with Crippen LogP contribution in [0.25, 0.3) is 6.08 Å². The van der Waals surface area contributed by atoms with Gasteiger partial charge in [-0.2, -0.15) is 0 Å². The Morgan fingerprint density at radius 1 is 1.24 bits per heavy atom. The molecule has 1 heterocycles. The van der Waals surface area contributed by atoms with Gasteiger partial charge in [0.05, 0.1) is 23.3 Å². The Balaban J connectivity index is 1.89. The van der Waals surface area contributed by atoms with Crippen LogP contribution in [0.5, 0.6) is 5.75 Å². The van der Waals surface area contributed by atoms with Crippen LogP contribution in [0.3, 0.4) is 0 Å². The summed E-state index contributed by atoms with van der Waals surface area (Å²) >= 11 is 6.52. The highest BCUT2D eigenvalue weighted by Gasteiger charge is 2.33. The lowest BCUT2D eigenvalue weighted by Gasteiger charge is -2.14. The number of carboxylic acids is 1. The van der Waals surface area contributed by atoms with Crippen molar-refractivity contribution in [2.45, 2.75) is 0 Å². The monoisotopic (exact) mass is 371 g/mol. The minimum absolute atomic E-state index is 0.154. The molecule has 2 aromatic carbocycles. The molecule has 1 saturated heterocycles. The molecule has 25 heavy (non-hydrogen) atoms. The number of thiocarbonyl (C=S) groups is 1. The molecule has 126 valence electrons. The Hall–Kier alpha value is -2.64. The largest absolute Gasteiger partial charge is 0.497 e. The summed E-state index contributed by atoms with van der Waals surface area (Å²) in [6.07, 6.45) is 1.76. The topological polar surface area (TPSA) is 66.8 Å². The molecule has 0 aliphatic carbocycles. The number of ether oxygens (including phenoxy) is 1. The van der Waals surface area contributed by atoms with Gasteiger partial charge in [-0.3, -0.25) is 9.69 Å². The molecule has 5 nitrogen and oxygen atoms in total. The third-order valence-corrected chi connectivity index (χ3v) is 4.86. The summed E-state index contributed by atoms with van der Waals surface area (Å²) in [6, 6.07) is 13.4. The van der Waals surface area contributed by atoms with Crippen molar-refractivity contribution in [3.63, 3.8) is 0 Å². The van der Waals surface area contributed by atoms with Gasteiger partial charge in [0.15, 0.2) is 4.32 Å². The Morgan fingerprint density at radius 2 is 1.96 bits per heavy atom. The lowest BCUT2D eigenvalue weighted by Crippen LogP contribution is -2.27. The van der Waals surface area contributed by atoms with Crippen molar-refractivity contribution < 1.29 is 19.4 Å². The zero-order chi connectivity index (χ0) is 18.0. The quantitative estimate of drug-likeness (QED) is 0.651. The number of amides is 1. The molecule has 1 aliphatic rings. The van der Waals surface area contributed by atoms with E-state index >= 15 is 0 Å². The van der Waals surface area contributed by atoms with Crippen molar-refractivity contribution in [3.05, 3.63) is 64.6 Å². The van der Waals surface area contributed by atoms with Crippen molar-refractivity contribution in [2.75, 3.05) is 12.0 Å². The number of carbonyl (C=O) groups excluding carboxylic acids is 1. The van der Waals surface area contributed by atoms with Crippen molar-refractivity contribution in [2.24, 2.45) is 0 Å². The summed E-state index contributed by atoms with van der Waals surface area (Å²) in [6.45, 7) is 0. The number of carbonyl (C=O) groups is 2. The molecule has 0 unspecified atom stereocenters. The lowest BCUT2D eigenvalue weighted by atomic mass is 10.2. The number of aromatic carboxylic acids is 1. The zero-order valence-electron chi connectivity index (χ0n) is 13.1. The van der Waals surface area contributed by atoms with E-state index in [0.717, 1.165) is 5.56 Å². The number of hydrogen-bond donors (Lipinski definition) is 1. The molecular formula is C18H13NO4S2. The fourth-order valence-corrected chi connectivity index (χ4v) is 3.63. The summed E-state index contributed by atoms with van der Waals surface area (Å²) in [5.74, 6) is -0.552. The highest BCUT2D eigenvalue weighted by molar-refractivity contribution is 8.27. The normalized spacial score (nSPS) is 15.7. The van der Waals surface area contributed by atoms with Crippen molar-refractivity contribution in [1.29, 1.82) is 0 Å². The van der Waals surface area contributed by atoms with Crippen LogP contribution in [0.2, 0.25) is 0 Å². The predicted molar refractivity (Wildman–Crippen MR) is 102 cm³/mol. The second-order valence-corrected chi connectivity index (χ2v) is 6.82. The molecule has 0 bridgehead atoms. The maximum absolute atomic E-state index is 12.7. The molecule has 0 aromatic heterocycles. The van der Waals surface area contributed by atoms with E-state index < -0.39 is 5.97 Å². The van der Waals surface area contributed by atoms with Crippen LogP contribution >= 0.6 is 24.0 Å². The van der Waals surface area contributed by atoms with E-state index in [9.17, 15) is 9.59 Å². The maximum atomic E-state index is 12.7. The van der Waals surface area contributed by atoms with E-state index in [0.29, 0.717) is 20.7 Å². The molecule has 3 rings (SSSR count). The van der Waals surface area contributed by atoms with Crippen LogP contribution < -0.4 is 9.64 Å². The van der Waals surface area contributed by atoms with Gasteiger partial charge in [-0.25, -0.2) is 4.79 Å². The second kappa shape index (κ2) is 7.08. The Bertz CT molecular complexity index is 890. The van der Waals surface area contributed by atoms with Crippen LogP contribution in [0.1, 0.15) is 15.9 Å². The number of anilines is 1. The first-order chi connectivity index (χ1) is 12.0. The summed E-state index contributed by atoms with van der Waals surface area (Å²) in [4.78, 5) is 25.5. The van der Waals surface area contributed by atoms with Gasteiger partial charge in [-0.15, -0.1) is 0 Å². The van der Waals surface area contributed by atoms with E-state index in [1.54, 1.807) is 25.3 Å². The van der Waals surface area contributed by atoms with Gasteiger partial charge in [0, 0.05) is 0 Å². The molecule has 2 aromatic rings. The molecule has 0 radical (unpaired) electrons.